The van der Waals surface area contributed by atoms with Crippen LogP contribution in [-0.2, 0) is 6.54 Å². The Morgan fingerprint density at radius 1 is 1.00 bits per heavy atom. The van der Waals surface area contributed by atoms with Gasteiger partial charge in [0.05, 0.1) is 0 Å². The number of nitrogens with zero attached hydrogens (tertiary/aromatic N) is 2. The molecule has 0 fully saturated rings. The van der Waals surface area contributed by atoms with Gasteiger partial charge in [-0.1, -0.05) is 53.5 Å². The molecule has 1 amide bonds. The van der Waals surface area contributed by atoms with Gasteiger partial charge in [-0.2, -0.15) is 0 Å². The minimum Gasteiger partial charge on any atom is -0.355 e. The quantitative estimate of drug-likeness (QED) is 0.638. The number of benzene rings is 2. The van der Waals surface area contributed by atoms with Crippen LogP contribution in [0.5, 0.6) is 0 Å². The van der Waals surface area contributed by atoms with Crippen LogP contribution in [-0.4, -0.2) is 22.8 Å². The van der Waals surface area contributed by atoms with Crippen molar-refractivity contribution in [1.82, 2.24) is 9.88 Å². The fraction of sp³-hybridized carbons (Fsp3) is 0.100. The summed E-state index contributed by atoms with van der Waals surface area (Å²) in [6.07, 6.45) is 1.60. The smallest absolute Gasteiger partial charge is 0.272 e. The summed E-state index contributed by atoms with van der Waals surface area (Å²) in [4.78, 5) is 18.5. The molecule has 0 bridgehead atoms. The Hall–Kier alpha value is -2.56. The Labute approximate surface area is 162 Å². The van der Waals surface area contributed by atoms with Crippen molar-refractivity contribution in [3.05, 3.63) is 88.2 Å². The molecule has 1 N–H and O–H groups in total. The van der Waals surface area contributed by atoms with E-state index in [0.29, 0.717) is 22.3 Å². The fourth-order valence-electron chi connectivity index (χ4n) is 2.54. The summed E-state index contributed by atoms with van der Waals surface area (Å²) < 4.78 is 0. The van der Waals surface area contributed by atoms with Crippen molar-refractivity contribution >= 4 is 40.5 Å². The average Bonchev–Trinajstić information content (AvgIpc) is 2.61. The third-order valence-corrected chi connectivity index (χ3v) is 4.18. The number of aromatic nitrogens is 1. The molecule has 26 heavy (non-hydrogen) atoms. The van der Waals surface area contributed by atoms with E-state index in [1.165, 1.54) is 0 Å². The van der Waals surface area contributed by atoms with Crippen molar-refractivity contribution in [2.24, 2.45) is 0 Å². The number of anilines is 2. The Balaban J connectivity index is 1.74. The van der Waals surface area contributed by atoms with E-state index in [1.54, 1.807) is 48.5 Å². The Morgan fingerprint density at radius 2 is 1.69 bits per heavy atom. The number of rotatable bonds is 5. The molecule has 0 atom stereocenters. The number of amides is 1. The second-order valence-corrected chi connectivity index (χ2v) is 6.73. The highest BCUT2D eigenvalue weighted by molar-refractivity contribution is 6.35. The molecule has 0 spiro atoms. The van der Waals surface area contributed by atoms with E-state index in [-0.39, 0.29) is 5.91 Å². The number of halogens is 2. The number of hydrogen-bond donors (Lipinski definition) is 1. The lowest BCUT2D eigenvalue weighted by Crippen LogP contribution is -2.27. The highest BCUT2D eigenvalue weighted by Gasteiger charge is 2.14. The standard InChI is InChI=1S/C20H17Cl2N3O/c1-25(13-14-5-3-2-4-6-14)20(26)19-12-17(7-8-23-19)24-18-10-15(21)9-16(22)11-18/h2-12H,13H2,1H3,(H,23,24). The average molecular weight is 386 g/mol. The Morgan fingerprint density at radius 3 is 2.38 bits per heavy atom. The molecule has 132 valence electrons. The van der Waals surface area contributed by atoms with Gasteiger partial charge in [0.25, 0.3) is 5.91 Å². The number of nitrogens with one attached hydrogen (secondary N) is 1. The molecule has 3 aromatic rings. The molecule has 1 aromatic heterocycles. The lowest BCUT2D eigenvalue weighted by atomic mass is 10.2. The topological polar surface area (TPSA) is 45.2 Å². The number of carbonyl (C=O) groups is 1. The molecule has 0 aliphatic heterocycles. The summed E-state index contributed by atoms with van der Waals surface area (Å²) in [5.74, 6) is -0.151. The number of pyridine rings is 1. The largest absolute Gasteiger partial charge is 0.355 e. The summed E-state index contributed by atoms with van der Waals surface area (Å²) in [7, 11) is 1.76. The molecular formula is C20H17Cl2N3O. The van der Waals surface area contributed by atoms with Crippen molar-refractivity contribution in [2.45, 2.75) is 6.54 Å². The van der Waals surface area contributed by atoms with Gasteiger partial charge >= 0.3 is 0 Å². The molecule has 3 rings (SSSR count). The van der Waals surface area contributed by atoms with Gasteiger partial charge in [-0.25, -0.2) is 0 Å². The van der Waals surface area contributed by atoms with Crippen LogP contribution >= 0.6 is 23.2 Å². The van der Waals surface area contributed by atoms with Crippen LogP contribution in [0.15, 0.2) is 66.9 Å². The van der Waals surface area contributed by atoms with E-state index >= 15 is 0 Å². The van der Waals surface area contributed by atoms with Gasteiger partial charge in [-0.15, -0.1) is 0 Å². The molecule has 0 aliphatic carbocycles. The van der Waals surface area contributed by atoms with Crippen molar-refractivity contribution in [1.29, 1.82) is 0 Å². The minimum atomic E-state index is -0.151. The summed E-state index contributed by atoms with van der Waals surface area (Å²) >= 11 is 12.0. The zero-order valence-electron chi connectivity index (χ0n) is 14.1. The van der Waals surface area contributed by atoms with Crippen LogP contribution < -0.4 is 5.32 Å². The van der Waals surface area contributed by atoms with Crippen molar-refractivity contribution in [3.8, 4) is 0 Å². The maximum atomic E-state index is 12.7. The predicted octanol–water partition coefficient (Wildman–Crippen LogP) is 5.40. The van der Waals surface area contributed by atoms with E-state index in [1.807, 2.05) is 30.3 Å². The molecule has 0 radical (unpaired) electrons. The van der Waals surface area contributed by atoms with Crippen LogP contribution in [0.25, 0.3) is 0 Å². The monoisotopic (exact) mass is 385 g/mol. The lowest BCUT2D eigenvalue weighted by Gasteiger charge is -2.17. The maximum absolute atomic E-state index is 12.7. The van der Waals surface area contributed by atoms with Gasteiger partial charge < -0.3 is 10.2 Å². The van der Waals surface area contributed by atoms with E-state index < -0.39 is 0 Å². The molecular weight excluding hydrogens is 369 g/mol. The third-order valence-electron chi connectivity index (χ3n) is 3.74. The van der Waals surface area contributed by atoms with Crippen molar-refractivity contribution in [2.75, 3.05) is 12.4 Å². The molecule has 2 aromatic carbocycles. The van der Waals surface area contributed by atoms with E-state index in [0.717, 1.165) is 16.9 Å². The van der Waals surface area contributed by atoms with Crippen LogP contribution in [0.2, 0.25) is 10.0 Å². The van der Waals surface area contributed by atoms with Gasteiger partial charge in [0.1, 0.15) is 5.69 Å². The summed E-state index contributed by atoms with van der Waals surface area (Å²) in [6.45, 7) is 0.517. The van der Waals surface area contributed by atoms with Crippen molar-refractivity contribution in [3.63, 3.8) is 0 Å². The van der Waals surface area contributed by atoms with Gasteiger partial charge in [0, 0.05) is 41.2 Å². The number of hydrogen-bond acceptors (Lipinski definition) is 3. The second kappa shape index (κ2) is 8.21. The van der Waals surface area contributed by atoms with Gasteiger partial charge in [0.2, 0.25) is 0 Å². The van der Waals surface area contributed by atoms with Gasteiger partial charge in [-0.05, 0) is 35.9 Å². The predicted molar refractivity (Wildman–Crippen MR) is 106 cm³/mol. The minimum absolute atomic E-state index is 0.151. The highest BCUT2D eigenvalue weighted by atomic mass is 35.5. The third kappa shape index (κ3) is 4.75. The molecule has 0 unspecified atom stereocenters. The Kier molecular flexibility index (Phi) is 5.76. The normalized spacial score (nSPS) is 10.4. The van der Waals surface area contributed by atoms with Gasteiger partial charge in [-0.3, -0.25) is 9.78 Å². The van der Waals surface area contributed by atoms with Crippen LogP contribution in [0.1, 0.15) is 16.1 Å². The molecule has 0 saturated heterocycles. The molecule has 0 aliphatic rings. The molecule has 0 saturated carbocycles. The van der Waals surface area contributed by atoms with Crippen molar-refractivity contribution < 1.29 is 4.79 Å². The SMILES string of the molecule is CN(Cc1ccccc1)C(=O)c1cc(Nc2cc(Cl)cc(Cl)c2)ccn1. The molecule has 6 heteroatoms. The molecule has 4 nitrogen and oxygen atoms in total. The maximum Gasteiger partial charge on any atom is 0.272 e. The summed E-state index contributed by atoms with van der Waals surface area (Å²) in [5, 5.41) is 4.26. The van der Waals surface area contributed by atoms with E-state index in [2.05, 4.69) is 10.3 Å². The molecule has 1 heterocycles. The summed E-state index contributed by atoms with van der Waals surface area (Å²) in [6, 6.07) is 18.5. The second-order valence-electron chi connectivity index (χ2n) is 5.86. The van der Waals surface area contributed by atoms with E-state index in [9.17, 15) is 4.79 Å². The zero-order chi connectivity index (χ0) is 18.5. The Bertz CT molecular complexity index is 896. The fourth-order valence-corrected chi connectivity index (χ4v) is 3.07. The van der Waals surface area contributed by atoms with E-state index in [4.69, 9.17) is 23.2 Å². The highest BCUT2D eigenvalue weighted by Crippen LogP contribution is 2.25. The number of carbonyl (C=O) groups excluding carboxylic acids is 1. The van der Waals surface area contributed by atoms with Gasteiger partial charge in [0.15, 0.2) is 0 Å². The first kappa shape index (κ1) is 18.2. The first-order valence-corrected chi connectivity index (χ1v) is 8.75. The zero-order valence-corrected chi connectivity index (χ0v) is 15.6. The first-order valence-electron chi connectivity index (χ1n) is 8.00. The first-order chi connectivity index (χ1) is 12.5. The van der Waals surface area contributed by atoms with Crippen LogP contribution in [0, 0.1) is 0 Å². The van der Waals surface area contributed by atoms with Crippen LogP contribution in [0.3, 0.4) is 0 Å². The summed E-state index contributed by atoms with van der Waals surface area (Å²) in [5.41, 5.74) is 2.90. The van der Waals surface area contributed by atoms with Crippen LogP contribution in [0.4, 0.5) is 11.4 Å². The lowest BCUT2D eigenvalue weighted by molar-refractivity contribution is 0.0779.